The Labute approximate surface area is 206 Å². The summed E-state index contributed by atoms with van der Waals surface area (Å²) in [7, 11) is -3.96. The minimum atomic E-state index is -3.96. The summed E-state index contributed by atoms with van der Waals surface area (Å²) in [6, 6.07) is 7.70. The molecule has 1 fully saturated rings. The van der Waals surface area contributed by atoms with Gasteiger partial charge in [0.2, 0.25) is 0 Å². The summed E-state index contributed by atoms with van der Waals surface area (Å²) >= 11 is 8.28. The van der Waals surface area contributed by atoms with Crippen molar-refractivity contribution in [2.24, 2.45) is 0 Å². The number of hydrogen-bond donors (Lipinski definition) is 3. The highest BCUT2D eigenvalue weighted by Gasteiger charge is 2.29. The monoisotopic (exact) mass is 598 g/mol. The van der Waals surface area contributed by atoms with E-state index in [1.807, 2.05) is 0 Å². The molecule has 1 unspecified atom stereocenters. The molecule has 3 N–H and O–H groups in total. The lowest BCUT2D eigenvalue weighted by atomic mass is 10.1. The van der Waals surface area contributed by atoms with Crippen LogP contribution in [0.4, 0.5) is 25.8 Å². The van der Waals surface area contributed by atoms with Crippen molar-refractivity contribution in [1.82, 2.24) is 9.62 Å². The summed E-state index contributed by atoms with van der Waals surface area (Å²) in [5.74, 6) is -2.30. The molecule has 1 heterocycles. The molecule has 176 valence electrons. The Hall–Kier alpha value is -1.21. The number of hydrogen-bond acceptors (Lipinski definition) is 4. The highest BCUT2D eigenvalue weighted by Crippen LogP contribution is 2.34. The second kappa shape index (κ2) is 10.8. The highest BCUT2D eigenvalue weighted by atomic mass is 127. The zero-order valence-corrected chi connectivity index (χ0v) is 21.5. The standard InChI is InChI=1S/C21H26ClF2IN4O2S/c1-3-13(2)26-15-8-10-29(11-9-15)32(30,31)28-19-7-5-17(23)20(24)21(19)27-18-6-4-14(25)12-16(18)22/h4-7,12-13,15,26-28H,3,8-11H2,1-2H3. The molecule has 0 radical (unpaired) electrons. The van der Waals surface area contributed by atoms with Crippen LogP contribution in [0, 0.1) is 15.2 Å². The van der Waals surface area contributed by atoms with Crippen LogP contribution in [0.5, 0.6) is 0 Å². The van der Waals surface area contributed by atoms with Crippen molar-refractivity contribution < 1.29 is 17.2 Å². The van der Waals surface area contributed by atoms with Crippen LogP contribution >= 0.6 is 34.2 Å². The number of halogens is 4. The maximum Gasteiger partial charge on any atom is 0.301 e. The summed E-state index contributed by atoms with van der Waals surface area (Å²) < 4.78 is 59.1. The van der Waals surface area contributed by atoms with E-state index < -0.39 is 21.8 Å². The van der Waals surface area contributed by atoms with Gasteiger partial charge in [0, 0.05) is 28.7 Å². The Morgan fingerprint density at radius 3 is 2.47 bits per heavy atom. The first-order valence-corrected chi connectivity index (χ1v) is 13.2. The zero-order valence-electron chi connectivity index (χ0n) is 17.8. The molecule has 3 rings (SSSR count). The van der Waals surface area contributed by atoms with E-state index in [1.165, 1.54) is 10.4 Å². The van der Waals surface area contributed by atoms with Gasteiger partial charge in [-0.05, 0) is 79.1 Å². The molecule has 11 heteroatoms. The smallest absolute Gasteiger partial charge is 0.301 e. The van der Waals surface area contributed by atoms with Gasteiger partial charge in [-0.3, -0.25) is 4.72 Å². The lowest BCUT2D eigenvalue weighted by Crippen LogP contribution is -2.48. The number of anilines is 3. The maximum atomic E-state index is 14.6. The number of rotatable bonds is 8. The molecule has 1 atom stereocenters. The molecule has 0 amide bonds. The quantitative estimate of drug-likeness (QED) is 0.352. The fourth-order valence-electron chi connectivity index (χ4n) is 3.47. The van der Waals surface area contributed by atoms with Crippen molar-refractivity contribution in [2.45, 2.75) is 45.2 Å². The zero-order chi connectivity index (χ0) is 23.5. The van der Waals surface area contributed by atoms with E-state index in [2.05, 4.69) is 51.8 Å². The first-order valence-electron chi connectivity index (χ1n) is 10.3. The molecule has 6 nitrogen and oxygen atoms in total. The van der Waals surface area contributed by atoms with Crippen LogP contribution in [-0.4, -0.2) is 37.9 Å². The predicted octanol–water partition coefficient (Wildman–Crippen LogP) is 5.48. The van der Waals surface area contributed by atoms with E-state index in [0.29, 0.717) is 42.7 Å². The lowest BCUT2D eigenvalue weighted by Gasteiger charge is -2.33. The predicted molar refractivity (Wildman–Crippen MR) is 134 cm³/mol. The first-order chi connectivity index (χ1) is 15.1. The molecule has 0 aromatic heterocycles. The van der Waals surface area contributed by atoms with E-state index in [0.717, 1.165) is 16.1 Å². The largest absolute Gasteiger partial charge is 0.350 e. The van der Waals surface area contributed by atoms with Gasteiger partial charge < -0.3 is 10.6 Å². The van der Waals surface area contributed by atoms with E-state index in [-0.39, 0.29) is 17.4 Å². The van der Waals surface area contributed by atoms with Gasteiger partial charge in [-0.15, -0.1) is 0 Å². The second-order valence-electron chi connectivity index (χ2n) is 7.79. The average Bonchev–Trinajstić information content (AvgIpc) is 2.75. The number of nitrogens with one attached hydrogen (secondary N) is 3. The minimum Gasteiger partial charge on any atom is -0.350 e. The fraction of sp³-hybridized carbons (Fsp3) is 0.429. The Balaban J connectivity index is 1.79. The molecular formula is C21H26ClF2IN4O2S. The van der Waals surface area contributed by atoms with Gasteiger partial charge in [-0.2, -0.15) is 12.7 Å². The summed E-state index contributed by atoms with van der Waals surface area (Å²) in [6.45, 7) is 4.86. The Kier molecular flexibility index (Phi) is 8.59. The molecule has 2 aromatic carbocycles. The highest BCUT2D eigenvalue weighted by molar-refractivity contribution is 14.1. The molecule has 0 spiro atoms. The summed E-state index contributed by atoms with van der Waals surface area (Å²) in [6.07, 6.45) is 2.34. The third-order valence-electron chi connectivity index (χ3n) is 5.45. The Morgan fingerprint density at radius 2 is 1.84 bits per heavy atom. The summed E-state index contributed by atoms with van der Waals surface area (Å²) in [4.78, 5) is 0. The van der Waals surface area contributed by atoms with Crippen molar-refractivity contribution in [1.29, 1.82) is 0 Å². The van der Waals surface area contributed by atoms with Crippen molar-refractivity contribution >= 4 is 61.5 Å². The van der Waals surface area contributed by atoms with Crippen LogP contribution in [0.3, 0.4) is 0 Å². The molecule has 0 aliphatic carbocycles. The van der Waals surface area contributed by atoms with Gasteiger partial charge in [-0.25, -0.2) is 8.78 Å². The van der Waals surface area contributed by atoms with Crippen LogP contribution in [-0.2, 0) is 10.2 Å². The second-order valence-corrected chi connectivity index (χ2v) is 11.1. The third-order valence-corrected chi connectivity index (χ3v) is 7.96. The molecular weight excluding hydrogens is 573 g/mol. The topological polar surface area (TPSA) is 73.5 Å². The maximum absolute atomic E-state index is 14.6. The third kappa shape index (κ3) is 6.22. The van der Waals surface area contributed by atoms with Crippen molar-refractivity contribution in [3.63, 3.8) is 0 Å². The first kappa shape index (κ1) is 25.4. The van der Waals surface area contributed by atoms with Gasteiger partial charge in [-0.1, -0.05) is 18.5 Å². The number of piperidine rings is 1. The molecule has 1 aliphatic rings. The fourth-order valence-corrected chi connectivity index (χ4v) is 5.64. The van der Waals surface area contributed by atoms with Crippen molar-refractivity contribution in [3.8, 4) is 0 Å². The summed E-state index contributed by atoms with van der Waals surface area (Å²) in [5, 5.41) is 6.52. The Bertz CT molecular complexity index is 1070. The number of nitrogens with zero attached hydrogens (tertiary/aromatic N) is 1. The van der Waals surface area contributed by atoms with E-state index in [9.17, 15) is 17.2 Å². The average molecular weight is 599 g/mol. The van der Waals surface area contributed by atoms with Gasteiger partial charge in [0.15, 0.2) is 11.6 Å². The van der Waals surface area contributed by atoms with E-state index in [1.54, 1.807) is 18.2 Å². The van der Waals surface area contributed by atoms with Crippen LogP contribution in [0.15, 0.2) is 30.3 Å². The van der Waals surface area contributed by atoms with Gasteiger partial charge in [0.05, 0.1) is 16.4 Å². The van der Waals surface area contributed by atoms with Crippen LogP contribution in [0.25, 0.3) is 0 Å². The van der Waals surface area contributed by atoms with Crippen LogP contribution in [0.1, 0.15) is 33.1 Å². The molecule has 2 aromatic rings. The molecule has 32 heavy (non-hydrogen) atoms. The lowest BCUT2D eigenvalue weighted by molar-refractivity contribution is 0.276. The summed E-state index contributed by atoms with van der Waals surface area (Å²) in [5.41, 5.74) is -0.0997. The van der Waals surface area contributed by atoms with Crippen molar-refractivity contribution in [2.75, 3.05) is 23.1 Å². The van der Waals surface area contributed by atoms with Gasteiger partial charge in [0.25, 0.3) is 0 Å². The number of benzene rings is 2. The Morgan fingerprint density at radius 1 is 1.19 bits per heavy atom. The normalized spacial score (nSPS) is 16.7. The van der Waals surface area contributed by atoms with Crippen molar-refractivity contribution in [3.05, 3.63) is 50.6 Å². The van der Waals surface area contributed by atoms with Gasteiger partial charge in [0.1, 0.15) is 5.69 Å². The molecule has 0 saturated carbocycles. The molecule has 1 aliphatic heterocycles. The molecule has 1 saturated heterocycles. The van der Waals surface area contributed by atoms with E-state index >= 15 is 0 Å². The van der Waals surface area contributed by atoms with Gasteiger partial charge >= 0.3 is 10.2 Å². The minimum absolute atomic E-state index is 0.0987. The SMILES string of the molecule is CCC(C)NC1CCN(S(=O)(=O)Nc2ccc(F)c(F)c2Nc2ccc(I)cc2Cl)CC1. The molecule has 0 bridgehead atoms. The van der Waals surface area contributed by atoms with E-state index in [4.69, 9.17) is 11.6 Å². The van der Waals surface area contributed by atoms with Crippen LogP contribution < -0.4 is 15.4 Å². The van der Waals surface area contributed by atoms with Crippen LogP contribution in [0.2, 0.25) is 5.02 Å².